The third-order valence-electron chi connectivity index (χ3n) is 3.91. The molecule has 16 heavy (non-hydrogen) atoms. The molecule has 1 N–H and O–H groups in total. The number of hydrogen-bond acceptors (Lipinski definition) is 1. The highest BCUT2D eigenvalue weighted by Gasteiger charge is 2.27. The van der Waals surface area contributed by atoms with Crippen LogP contribution in [-0.4, -0.2) is 13.1 Å². The van der Waals surface area contributed by atoms with E-state index in [0.717, 1.165) is 11.8 Å². The van der Waals surface area contributed by atoms with E-state index in [9.17, 15) is 0 Å². The standard InChI is InChI=1S/C15H31N/c1-5-11-16-12-14-8-6-7-13(14)9-10-15(2,3)4/h13-14,16H,5-12H2,1-4H3. The smallest absolute Gasteiger partial charge is 0.00179 e. The molecule has 1 aliphatic rings. The first kappa shape index (κ1) is 14.0. The van der Waals surface area contributed by atoms with Crippen molar-refractivity contribution in [2.24, 2.45) is 17.3 Å². The van der Waals surface area contributed by atoms with Crippen LogP contribution in [0.5, 0.6) is 0 Å². The minimum Gasteiger partial charge on any atom is -0.316 e. The lowest BCUT2D eigenvalue weighted by atomic mass is 9.83. The first-order valence-corrected chi connectivity index (χ1v) is 7.23. The van der Waals surface area contributed by atoms with Gasteiger partial charge in [0.1, 0.15) is 0 Å². The fourth-order valence-corrected chi connectivity index (χ4v) is 2.85. The van der Waals surface area contributed by atoms with E-state index < -0.39 is 0 Å². The molecule has 1 nitrogen and oxygen atoms in total. The fourth-order valence-electron chi connectivity index (χ4n) is 2.85. The largest absolute Gasteiger partial charge is 0.316 e. The van der Waals surface area contributed by atoms with Crippen molar-refractivity contribution in [3.63, 3.8) is 0 Å². The van der Waals surface area contributed by atoms with Gasteiger partial charge in [-0.1, -0.05) is 40.5 Å². The van der Waals surface area contributed by atoms with Crippen molar-refractivity contribution in [3.05, 3.63) is 0 Å². The van der Waals surface area contributed by atoms with Crippen molar-refractivity contribution in [3.8, 4) is 0 Å². The highest BCUT2D eigenvalue weighted by atomic mass is 14.9. The highest BCUT2D eigenvalue weighted by Crippen LogP contribution is 2.37. The Hall–Kier alpha value is -0.0400. The van der Waals surface area contributed by atoms with Crippen molar-refractivity contribution in [2.75, 3.05) is 13.1 Å². The predicted molar refractivity (Wildman–Crippen MR) is 72.7 cm³/mol. The lowest BCUT2D eigenvalue weighted by molar-refractivity contribution is 0.278. The van der Waals surface area contributed by atoms with Crippen molar-refractivity contribution in [1.29, 1.82) is 0 Å². The van der Waals surface area contributed by atoms with E-state index in [2.05, 4.69) is 33.0 Å². The van der Waals surface area contributed by atoms with Crippen LogP contribution in [-0.2, 0) is 0 Å². The second kappa shape index (κ2) is 6.64. The number of hydrogen-bond donors (Lipinski definition) is 1. The van der Waals surface area contributed by atoms with Crippen LogP contribution in [0.1, 0.15) is 66.2 Å². The summed E-state index contributed by atoms with van der Waals surface area (Å²) in [6, 6.07) is 0. The van der Waals surface area contributed by atoms with Gasteiger partial charge in [0.15, 0.2) is 0 Å². The summed E-state index contributed by atoms with van der Waals surface area (Å²) in [4.78, 5) is 0. The van der Waals surface area contributed by atoms with Crippen LogP contribution in [0, 0.1) is 17.3 Å². The predicted octanol–water partition coefficient (Wildman–Crippen LogP) is 4.23. The Morgan fingerprint density at radius 1 is 1.12 bits per heavy atom. The zero-order valence-corrected chi connectivity index (χ0v) is 11.8. The van der Waals surface area contributed by atoms with E-state index in [0.29, 0.717) is 5.41 Å². The van der Waals surface area contributed by atoms with Gasteiger partial charge in [-0.3, -0.25) is 0 Å². The monoisotopic (exact) mass is 225 g/mol. The van der Waals surface area contributed by atoms with E-state index in [-0.39, 0.29) is 0 Å². The van der Waals surface area contributed by atoms with Crippen LogP contribution in [0.2, 0.25) is 0 Å². The van der Waals surface area contributed by atoms with Crippen molar-refractivity contribution in [2.45, 2.75) is 66.2 Å². The summed E-state index contributed by atoms with van der Waals surface area (Å²) >= 11 is 0. The minimum atomic E-state index is 0.518. The number of rotatable bonds is 6. The summed E-state index contributed by atoms with van der Waals surface area (Å²) in [7, 11) is 0. The molecule has 0 heterocycles. The molecule has 1 saturated carbocycles. The molecule has 1 fully saturated rings. The Bertz CT molecular complexity index is 180. The van der Waals surface area contributed by atoms with Gasteiger partial charge in [0.25, 0.3) is 0 Å². The Kier molecular flexibility index (Phi) is 5.82. The molecule has 1 aliphatic carbocycles. The second-order valence-corrected chi connectivity index (χ2v) is 6.75. The Labute approximate surface area is 102 Å². The highest BCUT2D eigenvalue weighted by molar-refractivity contribution is 4.80. The summed E-state index contributed by atoms with van der Waals surface area (Å²) in [5.41, 5.74) is 0.518. The lowest BCUT2D eigenvalue weighted by Gasteiger charge is -2.24. The fraction of sp³-hybridized carbons (Fsp3) is 1.00. The van der Waals surface area contributed by atoms with Crippen LogP contribution in [0.4, 0.5) is 0 Å². The maximum atomic E-state index is 3.60. The molecule has 2 unspecified atom stereocenters. The molecule has 0 amide bonds. The van der Waals surface area contributed by atoms with Crippen LogP contribution < -0.4 is 5.32 Å². The summed E-state index contributed by atoms with van der Waals surface area (Å²) in [5.74, 6) is 1.97. The van der Waals surface area contributed by atoms with Gasteiger partial charge in [-0.15, -0.1) is 0 Å². The summed E-state index contributed by atoms with van der Waals surface area (Å²) < 4.78 is 0. The van der Waals surface area contributed by atoms with Gasteiger partial charge >= 0.3 is 0 Å². The van der Waals surface area contributed by atoms with Crippen LogP contribution in [0.25, 0.3) is 0 Å². The number of nitrogens with one attached hydrogen (secondary N) is 1. The maximum Gasteiger partial charge on any atom is -0.00179 e. The molecular weight excluding hydrogens is 194 g/mol. The van der Waals surface area contributed by atoms with Gasteiger partial charge in [0, 0.05) is 0 Å². The van der Waals surface area contributed by atoms with E-state index in [1.165, 1.54) is 51.6 Å². The van der Waals surface area contributed by atoms with Gasteiger partial charge in [0.05, 0.1) is 0 Å². The zero-order valence-electron chi connectivity index (χ0n) is 11.8. The van der Waals surface area contributed by atoms with Gasteiger partial charge in [-0.2, -0.15) is 0 Å². The Morgan fingerprint density at radius 2 is 1.81 bits per heavy atom. The Morgan fingerprint density at radius 3 is 2.44 bits per heavy atom. The maximum absolute atomic E-state index is 3.60. The molecule has 96 valence electrons. The summed E-state index contributed by atoms with van der Waals surface area (Å²) in [5, 5.41) is 3.60. The molecule has 2 atom stereocenters. The van der Waals surface area contributed by atoms with E-state index in [1.807, 2.05) is 0 Å². The molecule has 0 aromatic carbocycles. The van der Waals surface area contributed by atoms with E-state index in [4.69, 9.17) is 0 Å². The van der Waals surface area contributed by atoms with Gasteiger partial charge < -0.3 is 5.32 Å². The SMILES string of the molecule is CCCNCC1CCCC1CCC(C)(C)C. The zero-order chi connectivity index (χ0) is 12.0. The average molecular weight is 225 g/mol. The third-order valence-corrected chi connectivity index (χ3v) is 3.91. The molecule has 0 saturated heterocycles. The molecule has 0 aliphatic heterocycles. The third kappa shape index (κ3) is 5.34. The van der Waals surface area contributed by atoms with Crippen LogP contribution in [0.15, 0.2) is 0 Å². The van der Waals surface area contributed by atoms with Crippen molar-refractivity contribution < 1.29 is 0 Å². The summed E-state index contributed by atoms with van der Waals surface area (Å²) in [6.07, 6.45) is 8.51. The topological polar surface area (TPSA) is 12.0 Å². The average Bonchev–Trinajstić information content (AvgIpc) is 2.62. The molecule has 0 aromatic heterocycles. The molecule has 1 rings (SSSR count). The van der Waals surface area contributed by atoms with Crippen molar-refractivity contribution >= 4 is 0 Å². The molecule has 0 radical (unpaired) electrons. The second-order valence-electron chi connectivity index (χ2n) is 6.75. The Balaban J connectivity index is 2.23. The first-order chi connectivity index (χ1) is 7.53. The molecule has 0 spiro atoms. The quantitative estimate of drug-likeness (QED) is 0.667. The van der Waals surface area contributed by atoms with Gasteiger partial charge in [0.2, 0.25) is 0 Å². The molecule has 0 bridgehead atoms. The lowest BCUT2D eigenvalue weighted by Crippen LogP contribution is -2.26. The van der Waals surface area contributed by atoms with Crippen LogP contribution >= 0.6 is 0 Å². The first-order valence-electron chi connectivity index (χ1n) is 7.23. The summed E-state index contributed by atoms with van der Waals surface area (Å²) in [6.45, 7) is 11.8. The minimum absolute atomic E-state index is 0.518. The molecular formula is C15H31N. The van der Waals surface area contributed by atoms with E-state index >= 15 is 0 Å². The van der Waals surface area contributed by atoms with Gasteiger partial charge in [-0.25, -0.2) is 0 Å². The molecule has 1 heteroatoms. The van der Waals surface area contributed by atoms with Crippen LogP contribution in [0.3, 0.4) is 0 Å². The van der Waals surface area contributed by atoms with Crippen molar-refractivity contribution in [1.82, 2.24) is 5.32 Å². The van der Waals surface area contributed by atoms with Gasteiger partial charge in [-0.05, 0) is 56.0 Å². The van der Waals surface area contributed by atoms with E-state index in [1.54, 1.807) is 0 Å². The molecule has 0 aromatic rings. The normalized spacial score (nSPS) is 26.2.